The average molecular weight is 431 g/mol. The summed E-state index contributed by atoms with van der Waals surface area (Å²) < 4.78 is 28.7. The van der Waals surface area contributed by atoms with Gasteiger partial charge >= 0.3 is 12.6 Å². The summed E-state index contributed by atoms with van der Waals surface area (Å²) >= 11 is 0. The predicted octanol–water partition coefficient (Wildman–Crippen LogP) is 3.82. The quantitative estimate of drug-likeness (QED) is 0.653. The second kappa shape index (κ2) is 8.71. The minimum absolute atomic E-state index is 0.0543. The molecule has 1 heterocycles. The number of alkyl halides is 2. The van der Waals surface area contributed by atoms with E-state index < -0.39 is 36.5 Å². The zero-order valence-electron chi connectivity index (χ0n) is 17.3. The molecule has 3 rings (SSSR count). The van der Waals surface area contributed by atoms with E-state index in [-0.39, 0.29) is 5.75 Å². The zero-order valence-corrected chi connectivity index (χ0v) is 17.3. The monoisotopic (exact) mass is 431 g/mol. The molecule has 0 radical (unpaired) electrons. The van der Waals surface area contributed by atoms with Crippen molar-refractivity contribution >= 4 is 23.5 Å². The number of carbonyl (C=O) groups excluding carboxylic acids is 3. The number of hydrogen-bond acceptors (Lipinski definition) is 4. The summed E-state index contributed by atoms with van der Waals surface area (Å²) in [5.41, 5.74) is 0.755. The lowest BCUT2D eigenvalue weighted by atomic mass is 9.90. The molecule has 1 aliphatic heterocycles. The standard InChI is InChI=1S/C22H23F2N3O4/c1-13(2)14-4-6-15(7-5-14)22(3)19(29)27(21(30)26-22)12-18(28)25-16-8-10-17(11-9-16)31-20(23)24/h4-11,13,20H,12H2,1-3H3,(H,25,28)(H,26,30). The highest BCUT2D eigenvalue weighted by molar-refractivity contribution is 6.10. The molecule has 31 heavy (non-hydrogen) atoms. The smallest absolute Gasteiger partial charge is 0.387 e. The first-order valence-corrected chi connectivity index (χ1v) is 9.69. The van der Waals surface area contributed by atoms with Crippen LogP contribution in [0.4, 0.5) is 19.3 Å². The molecule has 1 saturated heterocycles. The molecule has 2 aromatic rings. The van der Waals surface area contributed by atoms with Gasteiger partial charge in [0, 0.05) is 5.69 Å². The summed E-state index contributed by atoms with van der Waals surface area (Å²) in [6.45, 7) is 2.27. The van der Waals surface area contributed by atoms with E-state index in [1.165, 1.54) is 24.3 Å². The molecule has 2 aromatic carbocycles. The summed E-state index contributed by atoms with van der Waals surface area (Å²) in [4.78, 5) is 38.6. The maximum atomic E-state index is 13.0. The Morgan fingerprint density at radius 2 is 1.71 bits per heavy atom. The van der Waals surface area contributed by atoms with Gasteiger partial charge in [0.25, 0.3) is 5.91 Å². The number of rotatable bonds is 7. The SMILES string of the molecule is CC(C)c1ccc(C2(C)NC(=O)N(CC(=O)Nc3ccc(OC(F)F)cc3)C2=O)cc1. The minimum atomic E-state index is -2.95. The van der Waals surface area contributed by atoms with Crippen LogP contribution in [0.2, 0.25) is 0 Å². The largest absolute Gasteiger partial charge is 0.435 e. The number of amides is 4. The Morgan fingerprint density at radius 1 is 1.10 bits per heavy atom. The fraction of sp³-hybridized carbons (Fsp3) is 0.318. The number of ether oxygens (including phenoxy) is 1. The first kappa shape index (κ1) is 22.2. The van der Waals surface area contributed by atoms with E-state index in [2.05, 4.69) is 29.2 Å². The lowest BCUT2D eigenvalue weighted by Crippen LogP contribution is -2.42. The molecule has 1 aliphatic rings. The van der Waals surface area contributed by atoms with Crippen molar-refractivity contribution in [2.24, 2.45) is 0 Å². The zero-order chi connectivity index (χ0) is 22.8. The first-order valence-electron chi connectivity index (χ1n) is 9.69. The van der Waals surface area contributed by atoms with E-state index in [1.54, 1.807) is 19.1 Å². The van der Waals surface area contributed by atoms with Gasteiger partial charge in [-0.3, -0.25) is 14.5 Å². The second-order valence-corrected chi connectivity index (χ2v) is 7.67. The van der Waals surface area contributed by atoms with Gasteiger partial charge in [0.05, 0.1) is 0 Å². The van der Waals surface area contributed by atoms with Crippen molar-refractivity contribution in [2.75, 3.05) is 11.9 Å². The number of benzene rings is 2. The molecule has 9 heteroatoms. The molecular weight excluding hydrogens is 408 g/mol. The van der Waals surface area contributed by atoms with E-state index in [4.69, 9.17) is 0 Å². The van der Waals surface area contributed by atoms with Crippen molar-refractivity contribution in [3.8, 4) is 5.75 Å². The summed E-state index contributed by atoms with van der Waals surface area (Å²) in [5, 5.41) is 5.18. The topological polar surface area (TPSA) is 87.7 Å². The fourth-order valence-electron chi connectivity index (χ4n) is 3.30. The van der Waals surface area contributed by atoms with Crippen molar-refractivity contribution in [3.05, 3.63) is 59.7 Å². The second-order valence-electron chi connectivity index (χ2n) is 7.67. The molecule has 1 unspecified atom stereocenters. The molecule has 0 spiro atoms. The van der Waals surface area contributed by atoms with Crippen LogP contribution < -0.4 is 15.4 Å². The van der Waals surface area contributed by atoms with Crippen LogP contribution in [0.1, 0.15) is 37.8 Å². The summed E-state index contributed by atoms with van der Waals surface area (Å²) in [7, 11) is 0. The predicted molar refractivity (Wildman–Crippen MR) is 110 cm³/mol. The normalized spacial score (nSPS) is 18.5. The highest BCUT2D eigenvalue weighted by atomic mass is 19.3. The third-order valence-electron chi connectivity index (χ3n) is 5.09. The number of halogens is 2. The van der Waals surface area contributed by atoms with Gasteiger partial charge in [0.2, 0.25) is 5.91 Å². The maximum Gasteiger partial charge on any atom is 0.387 e. The van der Waals surface area contributed by atoms with Gasteiger partial charge in [-0.2, -0.15) is 8.78 Å². The molecule has 4 amide bonds. The van der Waals surface area contributed by atoms with Crippen LogP contribution in [-0.4, -0.2) is 35.9 Å². The lowest BCUT2D eigenvalue weighted by molar-refractivity contribution is -0.133. The number of anilines is 1. The molecule has 2 N–H and O–H groups in total. The van der Waals surface area contributed by atoms with Gasteiger partial charge < -0.3 is 15.4 Å². The maximum absolute atomic E-state index is 13.0. The minimum Gasteiger partial charge on any atom is -0.435 e. The van der Waals surface area contributed by atoms with Gasteiger partial charge in [-0.05, 0) is 48.2 Å². The Balaban J connectivity index is 1.67. The Kier molecular flexibility index (Phi) is 6.24. The van der Waals surface area contributed by atoms with E-state index >= 15 is 0 Å². The van der Waals surface area contributed by atoms with E-state index in [0.717, 1.165) is 10.5 Å². The first-order chi connectivity index (χ1) is 14.6. The third-order valence-corrected chi connectivity index (χ3v) is 5.09. The lowest BCUT2D eigenvalue weighted by Gasteiger charge is -2.22. The van der Waals surface area contributed by atoms with Gasteiger partial charge in [-0.15, -0.1) is 0 Å². The van der Waals surface area contributed by atoms with E-state index in [9.17, 15) is 23.2 Å². The molecule has 1 atom stereocenters. The average Bonchev–Trinajstić information content (AvgIpc) is 2.93. The Hall–Kier alpha value is -3.49. The number of urea groups is 1. The van der Waals surface area contributed by atoms with Crippen LogP contribution in [0.15, 0.2) is 48.5 Å². The molecule has 0 bridgehead atoms. The van der Waals surface area contributed by atoms with Crippen LogP contribution in [0.25, 0.3) is 0 Å². The Labute approximate surface area is 178 Å². The molecule has 7 nitrogen and oxygen atoms in total. The van der Waals surface area contributed by atoms with Gasteiger partial charge in [0.1, 0.15) is 17.8 Å². The van der Waals surface area contributed by atoms with Crippen molar-refractivity contribution in [1.29, 1.82) is 0 Å². The number of imide groups is 1. The van der Waals surface area contributed by atoms with Crippen LogP contribution >= 0.6 is 0 Å². The van der Waals surface area contributed by atoms with Crippen LogP contribution in [0, 0.1) is 0 Å². The van der Waals surface area contributed by atoms with Gasteiger partial charge in [-0.1, -0.05) is 38.1 Å². The van der Waals surface area contributed by atoms with Gasteiger partial charge in [0.15, 0.2) is 0 Å². The molecule has 1 fully saturated rings. The fourth-order valence-corrected chi connectivity index (χ4v) is 3.30. The molecule has 164 valence electrons. The van der Waals surface area contributed by atoms with Crippen LogP contribution in [-0.2, 0) is 15.1 Å². The highest BCUT2D eigenvalue weighted by Crippen LogP contribution is 2.30. The number of nitrogens with zero attached hydrogens (tertiary/aromatic N) is 1. The van der Waals surface area contributed by atoms with Crippen molar-refractivity contribution in [2.45, 2.75) is 38.8 Å². The number of hydrogen-bond donors (Lipinski definition) is 2. The van der Waals surface area contributed by atoms with Crippen molar-refractivity contribution < 1.29 is 27.9 Å². The Morgan fingerprint density at radius 3 is 2.26 bits per heavy atom. The van der Waals surface area contributed by atoms with Crippen LogP contribution in [0.3, 0.4) is 0 Å². The van der Waals surface area contributed by atoms with E-state index in [0.29, 0.717) is 17.2 Å². The Bertz CT molecular complexity index is 977. The van der Waals surface area contributed by atoms with Gasteiger partial charge in [-0.25, -0.2) is 4.79 Å². The highest BCUT2D eigenvalue weighted by Gasteiger charge is 2.49. The van der Waals surface area contributed by atoms with Crippen molar-refractivity contribution in [1.82, 2.24) is 10.2 Å². The van der Waals surface area contributed by atoms with E-state index in [1.807, 2.05) is 12.1 Å². The number of carbonyl (C=O) groups is 3. The van der Waals surface area contributed by atoms with Crippen LogP contribution in [0.5, 0.6) is 5.75 Å². The summed E-state index contributed by atoms with van der Waals surface area (Å²) in [6, 6.07) is 12.0. The molecular formula is C22H23F2N3O4. The third kappa shape index (κ3) is 4.82. The molecule has 0 saturated carbocycles. The number of nitrogens with one attached hydrogen (secondary N) is 2. The van der Waals surface area contributed by atoms with Crippen molar-refractivity contribution in [3.63, 3.8) is 0 Å². The summed E-state index contributed by atoms with van der Waals surface area (Å²) in [6.07, 6.45) is 0. The molecule has 0 aromatic heterocycles. The summed E-state index contributed by atoms with van der Waals surface area (Å²) in [5.74, 6) is -0.871. The molecule has 0 aliphatic carbocycles.